The number of rotatable bonds is 5. The van der Waals surface area contributed by atoms with E-state index in [1.165, 1.54) is 29.3 Å². The SMILES string of the molecule is Cc1c(N(C)N=Nc2ccc([N+](=O)[O-])cc2)c(=O)n(-c2ccccc2)n1C. The molecule has 0 saturated carbocycles. The van der Waals surface area contributed by atoms with E-state index in [0.717, 1.165) is 11.4 Å². The standard InChI is InChI=1S/C18H18N6O3/c1-13-17(18(25)23(22(13)3)15-7-5-4-6-8-15)21(2)20-19-14-9-11-16(12-10-14)24(26)27/h4-12H,1-3H3. The van der Waals surface area contributed by atoms with Crippen molar-refractivity contribution in [2.24, 2.45) is 17.4 Å². The second kappa shape index (κ2) is 7.24. The van der Waals surface area contributed by atoms with Crippen molar-refractivity contribution in [2.45, 2.75) is 6.92 Å². The van der Waals surface area contributed by atoms with Crippen molar-refractivity contribution in [3.8, 4) is 5.69 Å². The minimum atomic E-state index is -0.480. The third kappa shape index (κ3) is 3.47. The monoisotopic (exact) mass is 366 g/mol. The Hall–Kier alpha value is -3.75. The van der Waals surface area contributed by atoms with E-state index in [1.54, 1.807) is 23.5 Å². The Kier molecular flexibility index (Phi) is 4.84. The van der Waals surface area contributed by atoms with Gasteiger partial charge in [0.1, 0.15) is 5.69 Å². The summed E-state index contributed by atoms with van der Waals surface area (Å²) in [4.78, 5) is 23.1. The van der Waals surface area contributed by atoms with Crippen molar-refractivity contribution in [1.82, 2.24) is 9.36 Å². The lowest BCUT2D eigenvalue weighted by atomic mass is 10.3. The Balaban J connectivity index is 1.92. The van der Waals surface area contributed by atoms with E-state index in [0.29, 0.717) is 11.4 Å². The Bertz CT molecular complexity index is 1050. The van der Waals surface area contributed by atoms with Crippen molar-refractivity contribution < 1.29 is 4.92 Å². The van der Waals surface area contributed by atoms with Crippen LogP contribution in [0.1, 0.15) is 5.69 Å². The first-order chi connectivity index (χ1) is 12.9. The van der Waals surface area contributed by atoms with E-state index >= 15 is 0 Å². The molecule has 0 aliphatic heterocycles. The van der Waals surface area contributed by atoms with Crippen LogP contribution in [-0.4, -0.2) is 21.3 Å². The number of nitro groups is 1. The van der Waals surface area contributed by atoms with E-state index in [2.05, 4.69) is 10.3 Å². The Morgan fingerprint density at radius 2 is 1.70 bits per heavy atom. The number of benzene rings is 2. The maximum atomic E-state index is 12.9. The van der Waals surface area contributed by atoms with Gasteiger partial charge in [0, 0.05) is 26.2 Å². The molecule has 0 radical (unpaired) electrons. The lowest BCUT2D eigenvalue weighted by molar-refractivity contribution is -0.384. The molecule has 27 heavy (non-hydrogen) atoms. The minimum absolute atomic E-state index is 0.0213. The molecule has 0 amide bonds. The van der Waals surface area contributed by atoms with Gasteiger partial charge in [-0.15, -0.1) is 5.11 Å². The normalized spacial score (nSPS) is 11.1. The quantitative estimate of drug-likeness (QED) is 0.392. The van der Waals surface area contributed by atoms with Crippen molar-refractivity contribution in [3.63, 3.8) is 0 Å². The zero-order chi connectivity index (χ0) is 19.6. The molecule has 2 aromatic carbocycles. The lowest BCUT2D eigenvalue weighted by Gasteiger charge is -2.09. The van der Waals surface area contributed by atoms with E-state index in [9.17, 15) is 14.9 Å². The Labute approximate surface area is 154 Å². The summed E-state index contributed by atoms with van der Waals surface area (Å²) in [6.07, 6.45) is 0. The van der Waals surface area contributed by atoms with Crippen LogP contribution < -0.4 is 10.6 Å². The molecule has 0 aliphatic carbocycles. The van der Waals surface area contributed by atoms with Crippen molar-refractivity contribution in [1.29, 1.82) is 0 Å². The van der Waals surface area contributed by atoms with Gasteiger partial charge in [0.05, 0.1) is 22.0 Å². The molecule has 0 N–H and O–H groups in total. The number of hydrogen-bond donors (Lipinski definition) is 0. The molecule has 9 nitrogen and oxygen atoms in total. The van der Waals surface area contributed by atoms with Gasteiger partial charge in [-0.05, 0) is 31.2 Å². The van der Waals surface area contributed by atoms with Crippen LogP contribution >= 0.6 is 0 Å². The first-order valence-corrected chi connectivity index (χ1v) is 8.14. The number of non-ortho nitro benzene ring substituents is 1. The van der Waals surface area contributed by atoms with Gasteiger partial charge < -0.3 is 0 Å². The zero-order valence-electron chi connectivity index (χ0n) is 15.1. The summed E-state index contributed by atoms with van der Waals surface area (Å²) in [5.41, 5.74) is 2.09. The molecule has 0 unspecified atom stereocenters. The van der Waals surface area contributed by atoms with E-state index in [-0.39, 0.29) is 11.2 Å². The number of aromatic nitrogens is 2. The van der Waals surface area contributed by atoms with Crippen molar-refractivity contribution in [3.05, 3.63) is 80.8 Å². The average molecular weight is 366 g/mol. The van der Waals surface area contributed by atoms with E-state index in [4.69, 9.17) is 0 Å². The molecule has 1 heterocycles. The smallest absolute Gasteiger partial charge is 0.283 e. The highest BCUT2D eigenvalue weighted by molar-refractivity contribution is 5.50. The molecule has 0 bridgehead atoms. The fraction of sp³-hybridized carbons (Fsp3) is 0.167. The summed E-state index contributed by atoms with van der Waals surface area (Å²) < 4.78 is 3.31. The lowest BCUT2D eigenvalue weighted by Crippen LogP contribution is -2.23. The van der Waals surface area contributed by atoms with Crippen LogP contribution in [0.25, 0.3) is 5.69 Å². The molecule has 0 fully saturated rings. The molecule has 0 aliphatic rings. The Morgan fingerprint density at radius 1 is 1.07 bits per heavy atom. The summed E-state index contributed by atoms with van der Waals surface area (Å²) in [5, 5.41) is 20.2. The third-order valence-electron chi connectivity index (χ3n) is 4.20. The van der Waals surface area contributed by atoms with Crippen LogP contribution in [-0.2, 0) is 7.05 Å². The van der Waals surface area contributed by atoms with Gasteiger partial charge in [0.25, 0.3) is 11.2 Å². The predicted molar refractivity (Wildman–Crippen MR) is 102 cm³/mol. The summed E-state index contributed by atoms with van der Waals surface area (Å²) in [7, 11) is 3.43. The van der Waals surface area contributed by atoms with E-state index in [1.807, 2.05) is 37.3 Å². The van der Waals surface area contributed by atoms with Crippen LogP contribution in [0.5, 0.6) is 0 Å². The molecule has 3 rings (SSSR count). The second-order valence-corrected chi connectivity index (χ2v) is 5.90. The molecule has 9 heteroatoms. The molecular formula is C18H18N6O3. The topological polar surface area (TPSA) is 98.0 Å². The highest BCUT2D eigenvalue weighted by atomic mass is 16.6. The summed E-state index contributed by atoms with van der Waals surface area (Å²) >= 11 is 0. The van der Waals surface area contributed by atoms with Crippen molar-refractivity contribution >= 4 is 17.1 Å². The van der Waals surface area contributed by atoms with Gasteiger partial charge in [0.2, 0.25) is 0 Å². The largest absolute Gasteiger partial charge is 0.297 e. The van der Waals surface area contributed by atoms with Crippen LogP contribution in [0.3, 0.4) is 0 Å². The summed E-state index contributed by atoms with van der Waals surface area (Å²) in [6, 6.07) is 15.0. The first-order valence-electron chi connectivity index (χ1n) is 8.14. The minimum Gasteiger partial charge on any atom is -0.283 e. The molecule has 1 aromatic heterocycles. The number of anilines is 1. The van der Waals surface area contributed by atoms with Gasteiger partial charge in [-0.3, -0.25) is 19.6 Å². The average Bonchev–Trinajstić information content (AvgIpc) is 2.89. The molecule has 0 saturated heterocycles. The molecular weight excluding hydrogens is 348 g/mol. The summed E-state index contributed by atoms with van der Waals surface area (Å²) in [6.45, 7) is 1.83. The van der Waals surface area contributed by atoms with Gasteiger partial charge in [0.15, 0.2) is 0 Å². The third-order valence-corrected chi connectivity index (χ3v) is 4.20. The van der Waals surface area contributed by atoms with Crippen LogP contribution in [0.4, 0.5) is 17.1 Å². The van der Waals surface area contributed by atoms with Crippen LogP contribution in [0, 0.1) is 17.0 Å². The van der Waals surface area contributed by atoms with Crippen LogP contribution in [0.15, 0.2) is 69.7 Å². The fourth-order valence-corrected chi connectivity index (χ4v) is 2.73. The number of hydrogen-bond acceptors (Lipinski definition) is 5. The zero-order valence-corrected chi connectivity index (χ0v) is 15.1. The van der Waals surface area contributed by atoms with Gasteiger partial charge in [-0.1, -0.05) is 23.4 Å². The van der Waals surface area contributed by atoms with Crippen LogP contribution in [0.2, 0.25) is 0 Å². The maximum absolute atomic E-state index is 12.9. The molecule has 138 valence electrons. The van der Waals surface area contributed by atoms with Gasteiger partial charge in [-0.2, -0.15) is 0 Å². The number of nitrogens with zero attached hydrogens (tertiary/aromatic N) is 6. The maximum Gasteiger partial charge on any atom is 0.297 e. The number of para-hydroxylation sites is 1. The highest BCUT2D eigenvalue weighted by Gasteiger charge is 2.19. The van der Waals surface area contributed by atoms with E-state index < -0.39 is 4.92 Å². The highest BCUT2D eigenvalue weighted by Crippen LogP contribution is 2.21. The summed E-state index contributed by atoms with van der Waals surface area (Å²) in [5.74, 6) is 0. The van der Waals surface area contributed by atoms with Gasteiger partial charge >= 0.3 is 0 Å². The first kappa shape index (κ1) is 18.1. The van der Waals surface area contributed by atoms with Gasteiger partial charge in [-0.25, -0.2) is 9.69 Å². The Morgan fingerprint density at radius 3 is 2.30 bits per heavy atom. The molecule has 0 atom stereocenters. The van der Waals surface area contributed by atoms with Crippen molar-refractivity contribution in [2.75, 3.05) is 12.1 Å². The molecule has 0 spiro atoms. The predicted octanol–water partition coefficient (Wildman–Crippen LogP) is 3.53. The fourth-order valence-electron chi connectivity index (χ4n) is 2.73. The second-order valence-electron chi connectivity index (χ2n) is 5.90. The molecule has 3 aromatic rings. The number of nitro benzene ring substituents is 1.